The molecule has 0 radical (unpaired) electrons. The van der Waals surface area contributed by atoms with E-state index in [-0.39, 0.29) is 12.0 Å². The van der Waals surface area contributed by atoms with E-state index in [0.717, 1.165) is 25.9 Å². The quantitative estimate of drug-likeness (QED) is 0.908. The van der Waals surface area contributed by atoms with E-state index < -0.39 is 11.9 Å². The zero-order valence-electron chi connectivity index (χ0n) is 12.3. The molecular weight excluding hydrogens is 289 g/mol. The second-order valence-corrected chi connectivity index (χ2v) is 5.58. The molecule has 0 spiro atoms. The van der Waals surface area contributed by atoms with E-state index in [2.05, 4.69) is 5.32 Å². The van der Waals surface area contributed by atoms with Crippen molar-refractivity contribution in [3.8, 4) is 5.75 Å². The van der Waals surface area contributed by atoms with Crippen LogP contribution in [0.15, 0.2) is 18.2 Å². The Balaban J connectivity index is 1.65. The van der Waals surface area contributed by atoms with Crippen LogP contribution in [-0.4, -0.2) is 37.9 Å². The zero-order chi connectivity index (χ0) is 15.4. The van der Waals surface area contributed by atoms with Gasteiger partial charge < -0.3 is 19.5 Å². The predicted molar refractivity (Wildman–Crippen MR) is 78.5 cm³/mol. The van der Waals surface area contributed by atoms with Crippen molar-refractivity contribution in [1.29, 1.82) is 0 Å². The van der Waals surface area contributed by atoms with Crippen LogP contribution in [0.2, 0.25) is 0 Å². The first-order chi connectivity index (χ1) is 10.7. The van der Waals surface area contributed by atoms with E-state index in [9.17, 15) is 9.18 Å². The Morgan fingerprint density at radius 2 is 2.09 bits per heavy atom. The van der Waals surface area contributed by atoms with Gasteiger partial charge >= 0.3 is 0 Å². The molecule has 5 nitrogen and oxygen atoms in total. The maximum atomic E-state index is 13.5. The highest BCUT2D eigenvalue weighted by Gasteiger charge is 2.25. The van der Waals surface area contributed by atoms with Gasteiger partial charge in [-0.05, 0) is 37.8 Å². The topological polar surface area (TPSA) is 56.8 Å². The first-order valence-electron chi connectivity index (χ1n) is 7.69. The molecule has 0 bridgehead atoms. The van der Waals surface area contributed by atoms with Gasteiger partial charge in [-0.15, -0.1) is 0 Å². The molecule has 6 heteroatoms. The Labute approximate surface area is 128 Å². The summed E-state index contributed by atoms with van der Waals surface area (Å²) < 4.78 is 30.0. The van der Waals surface area contributed by atoms with Gasteiger partial charge in [0.1, 0.15) is 24.3 Å². The van der Waals surface area contributed by atoms with Gasteiger partial charge in [0.15, 0.2) is 0 Å². The number of nitrogens with one attached hydrogen (secondary N) is 1. The highest BCUT2D eigenvalue weighted by Crippen LogP contribution is 2.27. The summed E-state index contributed by atoms with van der Waals surface area (Å²) in [6.07, 6.45) is 3.14. The SMILES string of the molecule is O=C(Nc1cc(F)ccc1OC[C@@H]1CCCO1)[C@H]1CCCO1. The van der Waals surface area contributed by atoms with Gasteiger partial charge in [-0.1, -0.05) is 0 Å². The molecule has 0 saturated carbocycles. The van der Waals surface area contributed by atoms with Crippen molar-refractivity contribution >= 4 is 11.6 Å². The molecule has 0 aromatic heterocycles. The third-order valence-corrected chi connectivity index (χ3v) is 3.87. The summed E-state index contributed by atoms with van der Waals surface area (Å²) in [4.78, 5) is 12.1. The minimum atomic E-state index is -0.464. The molecule has 0 aliphatic carbocycles. The van der Waals surface area contributed by atoms with E-state index in [4.69, 9.17) is 14.2 Å². The number of anilines is 1. The lowest BCUT2D eigenvalue weighted by atomic mass is 10.2. The van der Waals surface area contributed by atoms with Crippen LogP contribution in [0.4, 0.5) is 10.1 Å². The van der Waals surface area contributed by atoms with E-state index in [1.807, 2.05) is 0 Å². The highest BCUT2D eigenvalue weighted by molar-refractivity contribution is 5.95. The summed E-state index contributed by atoms with van der Waals surface area (Å²) in [7, 11) is 0. The standard InChI is InChI=1S/C16H20FNO4/c17-11-5-6-14(22-10-12-3-1-7-20-12)13(9-11)18-16(19)15-4-2-8-21-15/h5-6,9,12,15H,1-4,7-8,10H2,(H,18,19)/t12-,15+/m0/s1. The number of ether oxygens (including phenoxy) is 3. The number of hydrogen-bond acceptors (Lipinski definition) is 4. The molecule has 2 aliphatic rings. The molecule has 2 atom stereocenters. The molecule has 3 rings (SSSR count). The highest BCUT2D eigenvalue weighted by atomic mass is 19.1. The van der Waals surface area contributed by atoms with Gasteiger partial charge in [-0.25, -0.2) is 4.39 Å². The fourth-order valence-electron chi connectivity index (χ4n) is 2.68. The normalized spacial score (nSPS) is 24.4. The van der Waals surface area contributed by atoms with Gasteiger partial charge in [-0.2, -0.15) is 0 Å². The van der Waals surface area contributed by atoms with E-state index in [0.29, 0.717) is 31.1 Å². The molecule has 0 unspecified atom stereocenters. The summed E-state index contributed by atoms with van der Waals surface area (Å²) in [6.45, 7) is 1.73. The van der Waals surface area contributed by atoms with Gasteiger partial charge in [0.2, 0.25) is 0 Å². The van der Waals surface area contributed by atoms with Gasteiger partial charge in [0.25, 0.3) is 5.91 Å². The molecule has 1 amide bonds. The molecule has 2 saturated heterocycles. The maximum absolute atomic E-state index is 13.5. The Bertz CT molecular complexity index is 525. The van der Waals surface area contributed by atoms with Crippen LogP contribution in [0, 0.1) is 5.82 Å². The lowest BCUT2D eigenvalue weighted by molar-refractivity contribution is -0.124. The Morgan fingerprint density at radius 1 is 1.27 bits per heavy atom. The van der Waals surface area contributed by atoms with E-state index >= 15 is 0 Å². The Kier molecular flexibility index (Phi) is 4.90. The van der Waals surface area contributed by atoms with Gasteiger partial charge in [0, 0.05) is 19.3 Å². The number of benzene rings is 1. The monoisotopic (exact) mass is 309 g/mol. The minimum Gasteiger partial charge on any atom is -0.489 e. The molecule has 2 aliphatic heterocycles. The van der Waals surface area contributed by atoms with Crippen molar-refractivity contribution < 1.29 is 23.4 Å². The minimum absolute atomic E-state index is 0.0618. The summed E-state index contributed by atoms with van der Waals surface area (Å²) >= 11 is 0. The molecule has 1 aromatic rings. The van der Waals surface area contributed by atoms with Crippen LogP contribution in [-0.2, 0) is 14.3 Å². The number of halogens is 1. The molecule has 2 fully saturated rings. The molecule has 1 aromatic carbocycles. The van der Waals surface area contributed by atoms with E-state index in [1.54, 1.807) is 0 Å². The van der Waals surface area contributed by atoms with Crippen molar-refractivity contribution in [1.82, 2.24) is 0 Å². The van der Waals surface area contributed by atoms with Crippen LogP contribution >= 0.6 is 0 Å². The maximum Gasteiger partial charge on any atom is 0.253 e. The second-order valence-electron chi connectivity index (χ2n) is 5.58. The van der Waals surface area contributed by atoms with Crippen molar-refractivity contribution in [3.63, 3.8) is 0 Å². The summed E-state index contributed by atoms with van der Waals surface area (Å²) in [5, 5.41) is 2.70. The number of carbonyl (C=O) groups is 1. The summed E-state index contributed by atoms with van der Waals surface area (Å²) in [6, 6.07) is 4.10. The number of amides is 1. The van der Waals surface area contributed by atoms with E-state index in [1.165, 1.54) is 18.2 Å². The third kappa shape index (κ3) is 3.75. The van der Waals surface area contributed by atoms with Crippen LogP contribution < -0.4 is 10.1 Å². The van der Waals surface area contributed by atoms with Crippen LogP contribution in [0.5, 0.6) is 5.75 Å². The Hall–Kier alpha value is -1.66. The lowest BCUT2D eigenvalue weighted by Gasteiger charge is -2.16. The average molecular weight is 309 g/mol. The predicted octanol–water partition coefficient (Wildman–Crippen LogP) is 2.50. The third-order valence-electron chi connectivity index (χ3n) is 3.87. The smallest absolute Gasteiger partial charge is 0.253 e. The first-order valence-corrected chi connectivity index (χ1v) is 7.69. The molecule has 1 N–H and O–H groups in total. The number of hydrogen-bond donors (Lipinski definition) is 1. The fraction of sp³-hybridized carbons (Fsp3) is 0.562. The molecular formula is C16H20FNO4. The largest absolute Gasteiger partial charge is 0.489 e. The average Bonchev–Trinajstić information content (AvgIpc) is 3.20. The fourth-order valence-corrected chi connectivity index (χ4v) is 2.68. The second kappa shape index (κ2) is 7.07. The number of carbonyl (C=O) groups excluding carboxylic acids is 1. The van der Waals surface area contributed by atoms with Crippen molar-refractivity contribution in [2.24, 2.45) is 0 Å². The summed E-state index contributed by atoms with van der Waals surface area (Å²) in [5.41, 5.74) is 0.332. The number of rotatable bonds is 5. The molecule has 2 heterocycles. The van der Waals surface area contributed by atoms with Gasteiger partial charge in [0.05, 0.1) is 11.8 Å². The lowest BCUT2D eigenvalue weighted by Crippen LogP contribution is -2.27. The first kappa shape index (κ1) is 15.2. The molecule has 120 valence electrons. The zero-order valence-corrected chi connectivity index (χ0v) is 12.3. The summed E-state index contributed by atoms with van der Waals surface area (Å²) in [5.74, 6) is -0.236. The van der Waals surface area contributed by atoms with Gasteiger partial charge in [-0.3, -0.25) is 4.79 Å². The van der Waals surface area contributed by atoms with Crippen molar-refractivity contribution in [2.45, 2.75) is 37.9 Å². The Morgan fingerprint density at radius 3 is 2.82 bits per heavy atom. The van der Waals surface area contributed by atoms with Crippen LogP contribution in [0.25, 0.3) is 0 Å². The van der Waals surface area contributed by atoms with Crippen molar-refractivity contribution in [3.05, 3.63) is 24.0 Å². The van der Waals surface area contributed by atoms with Crippen LogP contribution in [0.3, 0.4) is 0 Å². The van der Waals surface area contributed by atoms with Crippen LogP contribution in [0.1, 0.15) is 25.7 Å². The molecule has 22 heavy (non-hydrogen) atoms. The van der Waals surface area contributed by atoms with Crippen molar-refractivity contribution in [2.75, 3.05) is 25.1 Å².